The molecule has 0 aliphatic heterocycles. The number of nitrogens with zero attached hydrogens (tertiary/aromatic N) is 3. The maximum atomic E-state index is 10.4. The van der Waals surface area contributed by atoms with E-state index in [-0.39, 0.29) is 6.54 Å². The number of hydrogen-bond donors (Lipinski definition) is 3. The largest absolute Gasteiger partial charge is 0.466 e. The van der Waals surface area contributed by atoms with Crippen molar-refractivity contribution in [3.05, 3.63) is 42.9 Å². The van der Waals surface area contributed by atoms with Gasteiger partial charge in [-0.25, -0.2) is 9.98 Å². The fourth-order valence-electron chi connectivity index (χ4n) is 1.96. The Morgan fingerprint density at radius 2 is 2.36 bits per heavy atom. The average Bonchev–Trinajstić information content (AvgIpc) is 3.18. The molecular formula is C15H23N5O2. The summed E-state index contributed by atoms with van der Waals surface area (Å²) in [7, 11) is 0. The lowest BCUT2D eigenvalue weighted by atomic mass is 10.0. The van der Waals surface area contributed by atoms with Gasteiger partial charge in [-0.15, -0.1) is 0 Å². The van der Waals surface area contributed by atoms with Crippen molar-refractivity contribution in [1.82, 2.24) is 20.2 Å². The van der Waals surface area contributed by atoms with Crippen molar-refractivity contribution in [3.8, 4) is 0 Å². The van der Waals surface area contributed by atoms with E-state index in [0.717, 1.165) is 13.1 Å². The number of aliphatic imine (C=N–C) groups is 1. The van der Waals surface area contributed by atoms with Gasteiger partial charge in [-0.1, -0.05) is 0 Å². The average molecular weight is 305 g/mol. The number of guanidine groups is 1. The second-order valence-corrected chi connectivity index (χ2v) is 5.17. The topological polar surface area (TPSA) is 87.6 Å². The summed E-state index contributed by atoms with van der Waals surface area (Å²) in [4.78, 5) is 8.42. The van der Waals surface area contributed by atoms with Crippen molar-refractivity contribution in [3.63, 3.8) is 0 Å². The van der Waals surface area contributed by atoms with E-state index in [0.29, 0.717) is 18.3 Å². The van der Waals surface area contributed by atoms with Crippen LogP contribution in [-0.2, 0) is 12.1 Å². The van der Waals surface area contributed by atoms with Gasteiger partial charge in [0.25, 0.3) is 0 Å². The molecule has 1 atom stereocenters. The van der Waals surface area contributed by atoms with E-state index in [1.165, 1.54) is 0 Å². The summed E-state index contributed by atoms with van der Waals surface area (Å²) in [5, 5.41) is 16.8. The Labute approximate surface area is 130 Å². The van der Waals surface area contributed by atoms with Gasteiger partial charge in [0.1, 0.15) is 11.4 Å². The molecule has 1 unspecified atom stereocenters. The molecule has 0 radical (unpaired) electrons. The molecule has 0 aliphatic rings. The van der Waals surface area contributed by atoms with Crippen LogP contribution in [0.1, 0.15) is 19.6 Å². The van der Waals surface area contributed by atoms with E-state index in [9.17, 15) is 5.11 Å². The summed E-state index contributed by atoms with van der Waals surface area (Å²) in [6, 6.07) is 3.50. The zero-order valence-electron chi connectivity index (χ0n) is 13.0. The highest BCUT2D eigenvalue weighted by Crippen LogP contribution is 2.20. The van der Waals surface area contributed by atoms with Gasteiger partial charge in [-0.2, -0.15) is 0 Å². The molecule has 2 heterocycles. The lowest BCUT2D eigenvalue weighted by Crippen LogP contribution is -2.40. The molecule has 120 valence electrons. The molecule has 22 heavy (non-hydrogen) atoms. The van der Waals surface area contributed by atoms with E-state index in [1.54, 1.807) is 37.8 Å². The van der Waals surface area contributed by atoms with Gasteiger partial charge in [-0.3, -0.25) is 0 Å². The Bertz CT molecular complexity index is 561. The number of furan rings is 1. The van der Waals surface area contributed by atoms with Gasteiger partial charge in [0.15, 0.2) is 5.96 Å². The Hall–Kier alpha value is -2.28. The highest BCUT2D eigenvalue weighted by Gasteiger charge is 2.25. The maximum Gasteiger partial charge on any atom is 0.191 e. The molecule has 0 fully saturated rings. The third kappa shape index (κ3) is 4.63. The van der Waals surface area contributed by atoms with Crippen LogP contribution in [0.2, 0.25) is 0 Å². The summed E-state index contributed by atoms with van der Waals surface area (Å²) in [5.74, 6) is 1.17. The monoisotopic (exact) mass is 305 g/mol. The van der Waals surface area contributed by atoms with Gasteiger partial charge in [0.2, 0.25) is 0 Å². The molecule has 7 nitrogen and oxygen atoms in total. The Balaban J connectivity index is 1.89. The number of rotatable bonds is 7. The first-order chi connectivity index (χ1) is 10.6. The second kappa shape index (κ2) is 7.65. The van der Waals surface area contributed by atoms with E-state index in [2.05, 4.69) is 20.6 Å². The van der Waals surface area contributed by atoms with E-state index in [4.69, 9.17) is 4.42 Å². The minimum Gasteiger partial charge on any atom is -0.466 e. The number of aliphatic hydroxyl groups is 1. The van der Waals surface area contributed by atoms with Gasteiger partial charge in [0, 0.05) is 32.0 Å². The van der Waals surface area contributed by atoms with Crippen LogP contribution in [0.4, 0.5) is 0 Å². The highest BCUT2D eigenvalue weighted by atomic mass is 16.4. The van der Waals surface area contributed by atoms with Crippen molar-refractivity contribution >= 4 is 5.96 Å². The number of nitrogens with one attached hydrogen (secondary N) is 2. The fourth-order valence-corrected chi connectivity index (χ4v) is 1.96. The zero-order valence-corrected chi connectivity index (χ0v) is 13.0. The van der Waals surface area contributed by atoms with Crippen LogP contribution >= 0.6 is 0 Å². The molecule has 0 saturated heterocycles. The van der Waals surface area contributed by atoms with E-state index < -0.39 is 5.60 Å². The first kappa shape index (κ1) is 16.1. The van der Waals surface area contributed by atoms with Crippen molar-refractivity contribution < 1.29 is 9.52 Å². The van der Waals surface area contributed by atoms with Gasteiger partial charge in [0.05, 0.1) is 19.1 Å². The van der Waals surface area contributed by atoms with Crippen molar-refractivity contribution in [2.45, 2.75) is 26.0 Å². The van der Waals surface area contributed by atoms with Crippen LogP contribution in [0.25, 0.3) is 0 Å². The SMILES string of the molecule is CCNC(=NCC(C)(O)c1ccco1)NCCn1ccnc1. The van der Waals surface area contributed by atoms with Crippen molar-refractivity contribution in [1.29, 1.82) is 0 Å². The van der Waals surface area contributed by atoms with Crippen LogP contribution in [0.3, 0.4) is 0 Å². The first-order valence-electron chi connectivity index (χ1n) is 7.36. The number of imidazole rings is 1. The summed E-state index contributed by atoms with van der Waals surface area (Å²) < 4.78 is 7.23. The maximum absolute atomic E-state index is 10.4. The lowest BCUT2D eigenvalue weighted by Gasteiger charge is -2.19. The predicted molar refractivity (Wildman–Crippen MR) is 84.5 cm³/mol. The molecule has 2 aromatic heterocycles. The van der Waals surface area contributed by atoms with E-state index in [1.807, 2.05) is 17.7 Å². The Kier molecular flexibility index (Phi) is 5.60. The third-order valence-corrected chi connectivity index (χ3v) is 3.16. The summed E-state index contributed by atoms with van der Waals surface area (Å²) >= 11 is 0. The van der Waals surface area contributed by atoms with Crippen LogP contribution in [-0.4, -0.2) is 40.3 Å². The number of aromatic nitrogens is 2. The van der Waals surface area contributed by atoms with E-state index >= 15 is 0 Å². The molecule has 0 aromatic carbocycles. The highest BCUT2D eigenvalue weighted by molar-refractivity contribution is 5.79. The molecular weight excluding hydrogens is 282 g/mol. The fraction of sp³-hybridized carbons (Fsp3) is 0.467. The van der Waals surface area contributed by atoms with Crippen LogP contribution < -0.4 is 10.6 Å². The van der Waals surface area contributed by atoms with Crippen molar-refractivity contribution in [2.75, 3.05) is 19.6 Å². The van der Waals surface area contributed by atoms with Crippen LogP contribution in [0.5, 0.6) is 0 Å². The standard InChI is InChI=1S/C15H23N5O2/c1-3-17-14(18-7-9-20-8-6-16-12-20)19-11-15(2,21)13-5-4-10-22-13/h4-6,8,10,12,21H,3,7,9,11H2,1-2H3,(H2,17,18,19). The van der Waals surface area contributed by atoms with Crippen LogP contribution in [0, 0.1) is 0 Å². The summed E-state index contributed by atoms with van der Waals surface area (Å²) in [6.07, 6.45) is 6.98. The molecule has 2 rings (SSSR count). The summed E-state index contributed by atoms with van der Waals surface area (Å²) in [5.41, 5.74) is -1.13. The minimum atomic E-state index is -1.13. The third-order valence-electron chi connectivity index (χ3n) is 3.16. The predicted octanol–water partition coefficient (Wildman–Crippen LogP) is 0.939. The van der Waals surface area contributed by atoms with Crippen molar-refractivity contribution in [2.24, 2.45) is 4.99 Å². The minimum absolute atomic E-state index is 0.209. The zero-order chi connectivity index (χ0) is 15.8. The molecule has 0 saturated carbocycles. The van der Waals surface area contributed by atoms with Crippen LogP contribution in [0.15, 0.2) is 46.5 Å². The molecule has 3 N–H and O–H groups in total. The van der Waals surface area contributed by atoms with Gasteiger partial charge >= 0.3 is 0 Å². The molecule has 0 aliphatic carbocycles. The molecule has 0 amide bonds. The van der Waals surface area contributed by atoms with Gasteiger partial charge in [-0.05, 0) is 26.0 Å². The molecule has 0 spiro atoms. The lowest BCUT2D eigenvalue weighted by molar-refractivity contribution is 0.0437. The molecule has 0 bridgehead atoms. The Morgan fingerprint density at radius 3 is 3.00 bits per heavy atom. The smallest absolute Gasteiger partial charge is 0.191 e. The molecule has 2 aromatic rings. The second-order valence-electron chi connectivity index (χ2n) is 5.17. The van der Waals surface area contributed by atoms with Gasteiger partial charge < -0.3 is 24.7 Å². The Morgan fingerprint density at radius 1 is 1.50 bits per heavy atom. The number of hydrogen-bond acceptors (Lipinski definition) is 4. The first-order valence-corrected chi connectivity index (χ1v) is 7.36. The normalized spacial score (nSPS) is 14.6. The quantitative estimate of drug-likeness (QED) is 0.523. The summed E-state index contributed by atoms with van der Waals surface area (Å²) in [6.45, 7) is 6.15. The molecule has 7 heteroatoms.